The van der Waals surface area contributed by atoms with Gasteiger partial charge in [-0.2, -0.15) is 0 Å². The van der Waals surface area contributed by atoms with Crippen LogP contribution in [-0.2, 0) is 24.5 Å². The minimum atomic E-state index is -0.702. The first-order valence-electron chi connectivity index (χ1n) is 13.1. The number of rotatable bonds is 8. The lowest BCUT2D eigenvalue weighted by Gasteiger charge is -2.45. The minimum absolute atomic E-state index is 0.206. The van der Waals surface area contributed by atoms with Crippen molar-refractivity contribution in [3.63, 3.8) is 0 Å². The standard InChI is InChI=1S/C33H35NO4/c1-5-22-34-28(6-2)33(25-18-12-8-13-19-25,26-20-14-9-15-21-26)23-27(24-16-10-7-11-17-24)29(31(35)37-3)30(34)32(36)38-4/h7-21,23,28H,5-6,22H2,1-4H3. The molecule has 0 saturated carbocycles. The number of carbonyl (C=O) groups is 2. The number of methoxy groups -OCH3 is 2. The Bertz CT molecular complexity index is 1270. The zero-order valence-electron chi connectivity index (χ0n) is 22.5. The molecule has 0 N–H and O–H groups in total. The summed E-state index contributed by atoms with van der Waals surface area (Å²) in [6.45, 7) is 4.76. The van der Waals surface area contributed by atoms with E-state index < -0.39 is 17.4 Å². The molecule has 5 nitrogen and oxygen atoms in total. The molecule has 5 heteroatoms. The average Bonchev–Trinajstić information content (AvgIpc) is 3.11. The number of carbonyl (C=O) groups excluding carboxylic acids is 2. The quantitative estimate of drug-likeness (QED) is 0.341. The fraction of sp³-hybridized carbons (Fsp3) is 0.273. The molecule has 1 atom stereocenters. The van der Waals surface area contributed by atoms with Crippen molar-refractivity contribution in [3.05, 3.63) is 125 Å². The predicted molar refractivity (Wildman–Crippen MR) is 150 cm³/mol. The summed E-state index contributed by atoms with van der Waals surface area (Å²) in [6, 6.07) is 30.2. The molecule has 1 aliphatic rings. The largest absolute Gasteiger partial charge is 0.465 e. The van der Waals surface area contributed by atoms with Crippen LogP contribution in [-0.4, -0.2) is 43.6 Å². The van der Waals surface area contributed by atoms with E-state index in [1.807, 2.05) is 66.7 Å². The number of hydrogen-bond acceptors (Lipinski definition) is 5. The molecular weight excluding hydrogens is 474 g/mol. The summed E-state index contributed by atoms with van der Waals surface area (Å²) in [5.41, 5.74) is 3.35. The molecule has 1 heterocycles. The van der Waals surface area contributed by atoms with E-state index in [1.54, 1.807) is 0 Å². The summed E-state index contributed by atoms with van der Waals surface area (Å²) in [4.78, 5) is 29.3. The van der Waals surface area contributed by atoms with Gasteiger partial charge >= 0.3 is 11.9 Å². The second-order valence-corrected chi connectivity index (χ2v) is 9.35. The van der Waals surface area contributed by atoms with Crippen molar-refractivity contribution >= 4 is 17.5 Å². The first kappa shape index (κ1) is 26.9. The highest BCUT2D eigenvalue weighted by Crippen LogP contribution is 2.48. The van der Waals surface area contributed by atoms with Gasteiger partial charge in [0.05, 0.1) is 25.2 Å². The van der Waals surface area contributed by atoms with Crippen molar-refractivity contribution in [1.29, 1.82) is 0 Å². The topological polar surface area (TPSA) is 55.8 Å². The van der Waals surface area contributed by atoms with Gasteiger partial charge in [-0.25, -0.2) is 9.59 Å². The fourth-order valence-corrected chi connectivity index (χ4v) is 5.74. The van der Waals surface area contributed by atoms with Crippen LogP contribution in [0.1, 0.15) is 43.4 Å². The van der Waals surface area contributed by atoms with Crippen LogP contribution in [0.4, 0.5) is 0 Å². The molecule has 3 aromatic carbocycles. The molecule has 0 bridgehead atoms. The Kier molecular flexibility index (Phi) is 8.47. The maximum absolute atomic E-state index is 13.6. The van der Waals surface area contributed by atoms with Gasteiger partial charge in [0.15, 0.2) is 0 Å². The second kappa shape index (κ2) is 12.0. The zero-order chi connectivity index (χ0) is 27.1. The molecule has 1 aliphatic heterocycles. The Balaban J connectivity index is 2.25. The fourth-order valence-electron chi connectivity index (χ4n) is 5.74. The van der Waals surface area contributed by atoms with E-state index >= 15 is 0 Å². The van der Waals surface area contributed by atoms with E-state index in [2.05, 4.69) is 49.1 Å². The van der Waals surface area contributed by atoms with Crippen molar-refractivity contribution < 1.29 is 19.1 Å². The molecule has 0 spiro atoms. The molecule has 196 valence electrons. The van der Waals surface area contributed by atoms with Gasteiger partial charge in [-0.05, 0) is 35.1 Å². The van der Waals surface area contributed by atoms with Gasteiger partial charge in [-0.3, -0.25) is 0 Å². The van der Waals surface area contributed by atoms with Gasteiger partial charge < -0.3 is 14.4 Å². The van der Waals surface area contributed by atoms with Crippen LogP contribution >= 0.6 is 0 Å². The molecule has 0 saturated heterocycles. The van der Waals surface area contributed by atoms with Crippen molar-refractivity contribution in [2.45, 2.75) is 38.1 Å². The van der Waals surface area contributed by atoms with Gasteiger partial charge in [0.25, 0.3) is 0 Å². The van der Waals surface area contributed by atoms with Crippen molar-refractivity contribution in [3.8, 4) is 0 Å². The van der Waals surface area contributed by atoms with Gasteiger partial charge in [-0.1, -0.05) is 111 Å². The summed E-state index contributed by atoms with van der Waals surface area (Å²) < 4.78 is 10.7. The van der Waals surface area contributed by atoms with Crippen LogP contribution in [0.3, 0.4) is 0 Å². The third-order valence-electron chi connectivity index (χ3n) is 7.27. The van der Waals surface area contributed by atoms with Crippen LogP contribution in [0, 0.1) is 0 Å². The third kappa shape index (κ3) is 4.76. The van der Waals surface area contributed by atoms with E-state index in [-0.39, 0.29) is 17.3 Å². The highest BCUT2D eigenvalue weighted by atomic mass is 16.5. The molecule has 0 radical (unpaired) electrons. The summed E-state index contributed by atoms with van der Waals surface area (Å²) >= 11 is 0. The van der Waals surface area contributed by atoms with Gasteiger partial charge in [-0.15, -0.1) is 0 Å². The molecule has 0 fully saturated rings. The van der Waals surface area contributed by atoms with Gasteiger partial charge in [0.2, 0.25) is 0 Å². The Hall–Kier alpha value is -4.12. The van der Waals surface area contributed by atoms with Gasteiger partial charge in [0, 0.05) is 12.6 Å². The van der Waals surface area contributed by atoms with E-state index in [1.165, 1.54) is 14.2 Å². The second-order valence-electron chi connectivity index (χ2n) is 9.35. The van der Waals surface area contributed by atoms with Crippen LogP contribution in [0.5, 0.6) is 0 Å². The van der Waals surface area contributed by atoms with Gasteiger partial charge in [0.1, 0.15) is 5.70 Å². The maximum atomic E-state index is 13.6. The molecule has 0 amide bonds. The Labute approximate surface area is 225 Å². The molecule has 4 rings (SSSR count). The summed E-state index contributed by atoms with van der Waals surface area (Å²) in [5.74, 6) is -1.13. The number of ether oxygens (including phenoxy) is 2. The zero-order valence-corrected chi connectivity index (χ0v) is 22.5. The number of hydrogen-bond donors (Lipinski definition) is 0. The highest BCUT2D eigenvalue weighted by molar-refractivity contribution is 6.13. The lowest BCUT2D eigenvalue weighted by atomic mass is 9.66. The lowest BCUT2D eigenvalue weighted by molar-refractivity contribution is -0.141. The van der Waals surface area contributed by atoms with Crippen LogP contribution < -0.4 is 0 Å². The van der Waals surface area contributed by atoms with E-state index in [4.69, 9.17) is 9.47 Å². The van der Waals surface area contributed by atoms with Crippen LogP contribution in [0.15, 0.2) is 108 Å². The molecule has 1 unspecified atom stereocenters. The molecular formula is C33H35NO4. The minimum Gasteiger partial charge on any atom is -0.465 e. The Morgan fingerprint density at radius 3 is 1.71 bits per heavy atom. The summed E-state index contributed by atoms with van der Waals surface area (Å²) in [6.07, 6.45) is 3.65. The monoisotopic (exact) mass is 509 g/mol. The predicted octanol–water partition coefficient (Wildman–Crippen LogP) is 6.16. The Morgan fingerprint density at radius 1 is 0.763 bits per heavy atom. The average molecular weight is 510 g/mol. The highest BCUT2D eigenvalue weighted by Gasteiger charge is 2.48. The van der Waals surface area contributed by atoms with E-state index in [0.29, 0.717) is 18.5 Å². The van der Waals surface area contributed by atoms with E-state index in [0.717, 1.165) is 23.1 Å². The van der Waals surface area contributed by atoms with Crippen LogP contribution in [0.2, 0.25) is 0 Å². The van der Waals surface area contributed by atoms with Crippen molar-refractivity contribution in [2.75, 3.05) is 20.8 Å². The first-order chi connectivity index (χ1) is 18.5. The summed E-state index contributed by atoms with van der Waals surface area (Å²) in [7, 11) is 2.70. The number of benzene rings is 3. The van der Waals surface area contributed by atoms with Crippen molar-refractivity contribution in [1.82, 2.24) is 4.90 Å². The van der Waals surface area contributed by atoms with Crippen molar-refractivity contribution in [2.24, 2.45) is 0 Å². The maximum Gasteiger partial charge on any atom is 0.355 e. The van der Waals surface area contributed by atoms with Crippen LogP contribution in [0.25, 0.3) is 5.57 Å². The Morgan fingerprint density at radius 2 is 1.26 bits per heavy atom. The number of esters is 2. The first-order valence-corrected chi connectivity index (χ1v) is 13.1. The molecule has 0 aromatic heterocycles. The SMILES string of the molecule is CCCN1C(C(=O)OC)=C(C(=O)OC)C(c2ccccc2)=CC(c2ccccc2)(c2ccccc2)C1CC. The molecule has 38 heavy (non-hydrogen) atoms. The number of nitrogens with zero attached hydrogens (tertiary/aromatic N) is 1. The molecule has 0 aliphatic carbocycles. The normalized spacial score (nSPS) is 16.9. The smallest absolute Gasteiger partial charge is 0.355 e. The lowest BCUT2D eigenvalue weighted by Crippen LogP contribution is -2.51. The summed E-state index contributed by atoms with van der Waals surface area (Å²) in [5, 5.41) is 0. The molecule has 3 aromatic rings. The van der Waals surface area contributed by atoms with E-state index in [9.17, 15) is 9.59 Å². The third-order valence-corrected chi connectivity index (χ3v) is 7.27.